The van der Waals surface area contributed by atoms with Crippen molar-refractivity contribution in [3.05, 3.63) is 289 Å². The lowest BCUT2D eigenvalue weighted by Gasteiger charge is -2.45. The molecule has 11 aromatic rings. The predicted molar refractivity (Wildman–Crippen MR) is 280 cm³/mol. The van der Waals surface area contributed by atoms with Crippen LogP contribution in [-0.2, 0) is 5.41 Å². The monoisotopic (exact) mass is 852 g/mol. The van der Waals surface area contributed by atoms with Crippen molar-refractivity contribution in [3.8, 4) is 44.5 Å². The first kappa shape index (κ1) is 38.7. The molecule has 67 heavy (non-hydrogen) atoms. The number of benzene rings is 11. The van der Waals surface area contributed by atoms with Crippen LogP contribution in [0.3, 0.4) is 0 Å². The van der Waals surface area contributed by atoms with Crippen LogP contribution < -0.4 is 9.80 Å². The fraction of sp³-hybridized carbons (Fsp3) is 0.0154. The number of para-hydroxylation sites is 3. The number of nitrogens with zero attached hydrogens (tertiary/aromatic N) is 2. The van der Waals surface area contributed by atoms with Gasteiger partial charge in [0, 0.05) is 22.6 Å². The smallest absolute Gasteiger partial charge is 0.0755 e. The first-order valence-corrected chi connectivity index (χ1v) is 23.2. The molecule has 0 saturated carbocycles. The third-order valence-electron chi connectivity index (χ3n) is 14.1. The number of hydrogen-bond acceptors (Lipinski definition) is 2. The number of anilines is 6. The van der Waals surface area contributed by atoms with Gasteiger partial charge in [0.25, 0.3) is 0 Å². The molecule has 0 N–H and O–H groups in total. The van der Waals surface area contributed by atoms with E-state index in [1.54, 1.807) is 0 Å². The summed E-state index contributed by atoms with van der Waals surface area (Å²) in [6, 6.07) is 98.0. The van der Waals surface area contributed by atoms with Crippen molar-refractivity contribution in [1.82, 2.24) is 0 Å². The van der Waals surface area contributed by atoms with E-state index in [1.165, 1.54) is 88.9 Å². The first-order valence-electron chi connectivity index (χ1n) is 23.2. The summed E-state index contributed by atoms with van der Waals surface area (Å²) in [4.78, 5) is 4.91. The van der Waals surface area contributed by atoms with E-state index in [0.29, 0.717) is 0 Å². The maximum Gasteiger partial charge on any atom is 0.0755 e. The average molecular weight is 853 g/mol. The third-order valence-corrected chi connectivity index (χ3v) is 14.1. The highest BCUT2D eigenvalue weighted by molar-refractivity contribution is 6.02. The summed E-state index contributed by atoms with van der Waals surface area (Å²) in [5, 5.41) is 2.52. The molecule has 2 aliphatic rings. The summed E-state index contributed by atoms with van der Waals surface area (Å²) < 4.78 is 0. The highest BCUT2D eigenvalue weighted by Crippen LogP contribution is 2.65. The molecule has 0 bridgehead atoms. The SMILES string of the molecule is c1ccc(-c2ccc(N(c3ccc(-c4ccc(-c5cccc6ccccc56)cc4)cc3)c3cccc4c3-c3ccccc3C43c4ccccc4N(c4ccccc4)c4ccccc43)cc2)cc1. The van der Waals surface area contributed by atoms with Crippen LogP contribution in [0.25, 0.3) is 55.3 Å². The topological polar surface area (TPSA) is 6.48 Å². The molecule has 1 heterocycles. The summed E-state index contributed by atoms with van der Waals surface area (Å²) in [5.74, 6) is 0. The first-order chi connectivity index (χ1) is 33.3. The third kappa shape index (κ3) is 6.11. The minimum absolute atomic E-state index is 0.564. The molecular formula is C65H44N2. The lowest BCUT2D eigenvalue weighted by atomic mass is 9.64. The van der Waals surface area contributed by atoms with Gasteiger partial charge < -0.3 is 9.80 Å². The Balaban J connectivity index is 0.981. The molecular weight excluding hydrogens is 809 g/mol. The van der Waals surface area contributed by atoms with Crippen LogP contribution in [0, 0.1) is 0 Å². The molecule has 2 heteroatoms. The molecule has 0 amide bonds. The van der Waals surface area contributed by atoms with Crippen LogP contribution in [0.2, 0.25) is 0 Å². The number of rotatable bonds is 7. The lowest BCUT2D eigenvalue weighted by molar-refractivity contribution is 0.752. The van der Waals surface area contributed by atoms with Crippen LogP contribution in [0.5, 0.6) is 0 Å². The quantitative estimate of drug-likeness (QED) is 0.158. The highest BCUT2D eigenvalue weighted by atomic mass is 15.2. The molecule has 0 unspecified atom stereocenters. The summed E-state index contributed by atoms with van der Waals surface area (Å²) in [5.41, 5.74) is 21.1. The fourth-order valence-electron chi connectivity index (χ4n) is 11.2. The zero-order valence-electron chi connectivity index (χ0n) is 36.8. The molecule has 314 valence electrons. The van der Waals surface area contributed by atoms with Gasteiger partial charge in [-0.2, -0.15) is 0 Å². The van der Waals surface area contributed by atoms with Crippen molar-refractivity contribution in [2.75, 3.05) is 9.80 Å². The van der Waals surface area contributed by atoms with E-state index in [4.69, 9.17) is 0 Å². The second-order valence-corrected chi connectivity index (χ2v) is 17.6. The minimum Gasteiger partial charge on any atom is -0.310 e. The average Bonchev–Trinajstić information content (AvgIpc) is 3.71. The molecule has 1 spiro atoms. The van der Waals surface area contributed by atoms with E-state index in [-0.39, 0.29) is 0 Å². The zero-order chi connectivity index (χ0) is 44.3. The van der Waals surface area contributed by atoms with E-state index >= 15 is 0 Å². The predicted octanol–water partition coefficient (Wildman–Crippen LogP) is 17.5. The van der Waals surface area contributed by atoms with Gasteiger partial charge in [0.05, 0.1) is 22.5 Å². The zero-order valence-corrected chi connectivity index (χ0v) is 36.8. The molecule has 2 nitrogen and oxygen atoms in total. The number of fused-ring (bicyclic) bond motifs is 10. The van der Waals surface area contributed by atoms with Crippen molar-refractivity contribution in [1.29, 1.82) is 0 Å². The molecule has 0 saturated heterocycles. The van der Waals surface area contributed by atoms with Crippen LogP contribution in [0.1, 0.15) is 22.3 Å². The fourth-order valence-corrected chi connectivity index (χ4v) is 11.2. The summed E-state index contributed by atoms with van der Waals surface area (Å²) in [6.07, 6.45) is 0. The van der Waals surface area contributed by atoms with Gasteiger partial charge in [0.2, 0.25) is 0 Å². The van der Waals surface area contributed by atoms with Crippen molar-refractivity contribution in [3.63, 3.8) is 0 Å². The van der Waals surface area contributed by atoms with Crippen molar-refractivity contribution >= 4 is 44.9 Å². The Morgan fingerprint density at radius 3 is 1.40 bits per heavy atom. The van der Waals surface area contributed by atoms with Gasteiger partial charge in [-0.05, 0) is 127 Å². The Hall–Kier alpha value is -8.72. The van der Waals surface area contributed by atoms with E-state index in [2.05, 4.69) is 277 Å². The Kier molecular flexibility index (Phi) is 9.11. The van der Waals surface area contributed by atoms with E-state index < -0.39 is 5.41 Å². The van der Waals surface area contributed by atoms with Gasteiger partial charge in [0.15, 0.2) is 0 Å². The maximum absolute atomic E-state index is 2.47. The Morgan fingerprint density at radius 2 is 0.746 bits per heavy atom. The molecule has 0 radical (unpaired) electrons. The molecule has 0 aromatic heterocycles. The van der Waals surface area contributed by atoms with Crippen molar-refractivity contribution in [2.45, 2.75) is 5.41 Å². The van der Waals surface area contributed by atoms with Gasteiger partial charge in [0.1, 0.15) is 0 Å². The van der Waals surface area contributed by atoms with Gasteiger partial charge >= 0.3 is 0 Å². The second-order valence-electron chi connectivity index (χ2n) is 17.6. The summed E-state index contributed by atoms with van der Waals surface area (Å²) in [7, 11) is 0. The second kappa shape index (κ2) is 15.8. The van der Waals surface area contributed by atoms with Crippen LogP contribution in [0.15, 0.2) is 267 Å². The van der Waals surface area contributed by atoms with Gasteiger partial charge in [-0.1, -0.05) is 212 Å². The van der Waals surface area contributed by atoms with Crippen molar-refractivity contribution < 1.29 is 0 Å². The van der Waals surface area contributed by atoms with E-state index in [0.717, 1.165) is 22.7 Å². The maximum atomic E-state index is 2.47. The van der Waals surface area contributed by atoms with Gasteiger partial charge in [-0.15, -0.1) is 0 Å². The van der Waals surface area contributed by atoms with Crippen LogP contribution >= 0.6 is 0 Å². The van der Waals surface area contributed by atoms with E-state index in [1.807, 2.05) is 0 Å². The largest absolute Gasteiger partial charge is 0.310 e. The molecule has 0 atom stereocenters. The van der Waals surface area contributed by atoms with Crippen LogP contribution in [0.4, 0.5) is 34.1 Å². The minimum atomic E-state index is -0.564. The molecule has 11 aromatic carbocycles. The molecule has 1 aliphatic heterocycles. The standard InChI is InChI=1S/C65H44N2/c1-3-17-45(18-4-1)47-37-41-52(42-38-47)66(53-43-39-48(40-44-53)46-33-35-50(36-34-46)55-25-15-20-49-19-7-8-23-54(49)55)63-32-16-29-60-64(63)56-24-9-10-26-57(56)65(60)58-27-11-13-30-61(58)67(51-21-5-2-6-22-51)62-31-14-12-28-59(62)65/h1-44H. The summed E-state index contributed by atoms with van der Waals surface area (Å²) in [6.45, 7) is 0. The molecule has 13 rings (SSSR count). The molecule has 1 aliphatic carbocycles. The van der Waals surface area contributed by atoms with E-state index in [9.17, 15) is 0 Å². The lowest BCUT2D eigenvalue weighted by Crippen LogP contribution is -2.36. The summed E-state index contributed by atoms with van der Waals surface area (Å²) >= 11 is 0. The van der Waals surface area contributed by atoms with Gasteiger partial charge in [-0.25, -0.2) is 0 Å². The number of hydrogen-bond donors (Lipinski definition) is 0. The molecule has 0 fully saturated rings. The highest BCUT2D eigenvalue weighted by Gasteiger charge is 2.52. The van der Waals surface area contributed by atoms with Gasteiger partial charge in [-0.3, -0.25) is 0 Å². The van der Waals surface area contributed by atoms with Crippen LogP contribution in [-0.4, -0.2) is 0 Å². The Bertz CT molecular complexity index is 3560. The Morgan fingerprint density at radius 1 is 0.299 bits per heavy atom. The van der Waals surface area contributed by atoms with Crippen molar-refractivity contribution in [2.24, 2.45) is 0 Å². The normalized spacial score (nSPS) is 12.9. The Labute approximate surface area is 391 Å².